The van der Waals surface area contributed by atoms with Crippen molar-refractivity contribution in [2.45, 2.75) is 37.1 Å². The van der Waals surface area contributed by atoms with Crippen LogP contribution >= 0.6 is 0 Å². The molecule has 1 fully saturated rings. The number of carbonyl (C=O) groups excluding carboxylic acids is 2. The minimum atomic E-state index is -3.68. The molecule has 1 N–H and O–H groups in total. The van der Waals surface area contributed by atoms with Gasteiger partial charge in [-0.25, -0.2) is 4.79 Å². The van der Waals surface area contributed by atoms with Crippen LogP contribution in [0, 0.1) is 5.92 Å². The van der Waals surface area contributed by atoms with Crippen molar-refractivity contribution >= 4 is 27.7 Å². The molecule has 8 nitrogen and oxygen atoms in total. The van der Waals surface area contributed by atoms with Crippen LogP contribution in [0.15, 0.2) is 63.9 Å². The molecule has 9 heteroatoms. The predicted molar refractivity (Wildman–Crippen MR) is 123 cm³/mol. The van der Waals surface area contributed by atoms with Crippen molar-refractivity contribution in [1.29, 1.82) is 0 Å². The molecule has 174 valence electrons. The summed E-state index contributed by atoms with van der Waals surface area (Å²) < 4.78 is 33.8. The first-order valence-electron chi connectivity index (χ1n) is 11.1. The van der Waals surface area contributed by atoms with Gasteiger partial charge in [0.1, 0.15) is 10.9 Å². The number of carbonyl (C=O) groups is 2. The van der Waals surface area contributed by atoms with Crippen LogP contribution in [-0.2, 0) is 30.8 Å². The van der Waals surface area contributed by atoms with Gasteiger partial charge in [-0.2, -0.15) is 8.42 Å². The van der Waals surface area contributed by atoms with Crippen molar-refractivity contribution in [3.8, 4) is 0 Å². The number of hydrogen-bond donors (Lipinski definition) is 1. The molecule has 1 saturated heterocycles. The fourth-order valence-electron chi connectivity index (χ4n) is 4.25. The molecule has 2 aliphatic rings. The zero-order valence-corrected chi connectivity index (χ0v) is 19.3. The number of nitrogens with zero attached hydrogens (tertiary/aromatic N) is 2. The summed E-state index contributed by atoms with van der Waals surface area (Å²) in [6.07, 6.45) is 1.43. The monoisotopic (exact) mass is 469 g/mol. The molecule has 33 heavy (non-hydrogen) atoms. The molecule has 1 atom stereocenters. The number of benzene rings is 2. The number of sulfonamides is 1. The second-order valence-electron chi connectivity index (χ2n) is 8.15. The van der Waals surface area contributed by atoms with Crippen LogP contribution in [0.1, 0.15) is 30.9 Å². The van der Waals surface area contributed by atoms with Crippen LogP contribution in [0.4, 0.5) is 0 Å². The van der Waals surface area contributed by atoms with Gasteiger partial charge in [0, 0.05) is 31.0 Å². The smallest absolute Gasteiger partial charge is 0.328 e. The first-order chi connectivity index (χ1) is 15.9. The highest BCUT2D eigenvalue weighted by Crippen LogP contribution is 2.29. The van der Waals surface area contributed by atoms with E-state index in [9.17, 15) is 18.0 Å². The summed E-state index contributed by atoms with van der Waals surface area (Å²) in [7, 11) is -3.68. The maximum Gasteiger partial charge on any atom is 0.328 e. The van der Waals surface area contributed by atoms with Crippen molar-refractivity contribution < 1.29 is 22.7 Å². The average Bonchev–Trinajstić information content (AvgIpc) is 3.10. The van der Waals surface area contributed by atoms with Crippen molar-refractivity contribution in [1.82, 2.24) is 10.2 Å². The Balaban J connectivity index is 1.40. The summed E-state index contributed by atoms with van der Waals surface area (Å²) in [6, 6.07) is 15.5. The third-order valence-corrected chi connectivity index (χ3v) is 7.27. The van der Waals surface area contributed by atoms with Gasteiger partial charge in [0.2, 0.25) is 5.91 Å². The number of esters is 1. The molecular weight excluding hydrogens is 442 g/mol. The molecule has 0 saturated carbocycles. The molecule has 2 aromatic rings. The summed E-state index contributed by atoms with van der Waals surface area (Å²) in [5, 5.41) is 2.87. The standard InChI is InChI=1S/C24H27N3O5S/c1-2-32-24(29)20(16-17-8-4-3-5-9-17)25-23(28)18-12-14-27(15-13-18)22-19-10-6-7-11-21(19)33(30,31)26-22/h3-11,18,20H,2,12-16H2,1H3,(H,25,28). The van der Waals surface area contributed by atoms with Crippen LogP contribution in [0.2, 0.25) is 0 Å². The molecule has 2 heterocycles. The Morgan fingerprint density at radius 1 is 1.09 bits per heavy atom. The van der Waals surface area contributed by atoms with Crippen LogP contribution < -0.4 is 5.32 Å². The van der Waals surface area contributed by atoms with Gasteiger partial charge >= 0.3 is 5.97 Å². The predicted octanol–water partition coefficient (Wildman–Crippen LogP) is 2.14. The lowest BCUT2D eigenvalue weighted by atomic mass is 9.94. The molecule has 2 aliphatic heterocycles. The number of piperidine rings is 1. The van der Waals surface area contributed by atoms with E-state index in [2.05, 4.69) is 9.71 Å². The lowest BCUT2D eigenvalue weighted by Crippen LogP contribution is -2.48. The summed E-state index contributed by atoms with van der Waals surface area (Å²) in [5.74, 6) is -0.472. The molecule has 4 rings (SSSR count). The topological polar surface area (TPSA) is 105 Å². The summed E-state index contributed by atoms with van der Waals surface area (Å²) in [6.45, 7) is 2.98. The molecule has 0 bridgehead atoms. The lowest BCUT2D eigenvalue weighted by molar-refractivity contribution is -0.148. The van der Waals surface area contributed by atoms with Gasteiger partial charge in [0.05, 0.1) is 6.61 Å². The number of ether oxygens (including phenoxy) is 1. The quantitative estimate of drug-likeness (QED) is 0.650. The van der Waals surface area contributed by atoms with Gasteiger partial charge in [-0.1, -0.05) is 42.5 Å². The number of amidine groups is 1. The van der Waals surface area contributed by atoms with Gasteiger partial charge < -0.3 is 15.0 Å². The highest BCUT2D eigenvalue weighted by Gasteiger charge is 2.35. The van der Waals surface area contributed by atoms with E-state index in [-0.39, 0.29) is 23.3 Å². The second-order valence-corrected chi connectivity index (χ2v) is 9.72. The largest absolute Gasteiger partial charge is 0.464 e. The number of fused-ring (bicyclic) bond motifs is 1. The molecule has 0 radical (unpaired) electrons. The van der Waals surface area contributed by atoms with Crippen LogP contribution in [0.3, 0.4) is 0 Å². The van der Waals surface area contributed by atoms with E-state index in [0.717, 1.165) is 5.56 Å². The summed E-state index contributed by atoms with van der Waals surface area (Å²) in [5.41, 5.74) is 1.54. The third kappa shape index (κ3) is 5.08. The maximum absolute atomic E-state index is 13.0. The fraction of sp³-hybridized carbons (Fsp3) is 0.375. The Morgan fingerprint density at radius 2 is 1.76 bits per heavy atom. The highest BCUT2D eigenvalue weighted by molar-refractivity contribution is 7.90. The Kier molecular flexibility index (Phi) is 6.78. The van der Waals surface area contributed by atoms with E-state index in [1.807, 2.05) is 35.2 Å². The average molecular weight is 470 g/mol. The third-order valence-electron chi connectivity index (χ3n) is 5.95. The van der Waals surface area contributed by atoms with E-state index in [0.29, 0.717) is 43.8 Å². The minimum absolute atomic E-state index is 0.190. The van der Waals surface area contributed by atoms with Crippen LogP contribution in [-0.4, -0.2) is 56.8 Å². The Hall–Kier alpha value is -3.20. The number of rotatable bonds is 6. The Morgan fingerprint density at radius 3 is 2.45 bits per heavy atom. The SMILES string of the molecule is CCOC(=O)C(Cc1ccccc1)NC(=O)C1CCN(C2=NS(=O)(=O)c3ccccc32)CC1. The van der Waals surface area contributed by atoms with Gasteiger partial charge in [-0.05, 0) is 37.5 Å². The van der Waals surface area contributed by atoms with Gasteiger partial charge in [0.15, 0.2) is 5.84 Å². The van der Waals surface area contributed by atoms with E-state index >= 15 is 0 Å². The maximum atomic E-state index is 13.0. The fourth-order valence-corrected chi connectivity index (χ4v) is 5.47. The molecule has 0 aliphatic carbocycles. The summed E-state index contributed by atoms with van der Waals surface area (Å²) >= 11 is 0. The van der Waals surface area contributed by atoms with E-state index in [4.69, 9.17) is 4.74 Å². The van der Waals surface area contributed by atoms with Crippen LogP contribution in [0.25, 0.3) is 0 Å². The Labute approximate surface area is 193 Å². The number of hydrogen-bond acceptors (Lipinski definition) is 6. The van der Waals surface area contributed by atoms with Gasteiger partial charge in [0.25, 0.3) is 10.0 Å². The number of nitrogens with one attached hydrogen (secondary N) is 1. The molecule has 0 spiro atoms. The van der Waals surface area contributed by atoms with E-state index in [1.54, 1.807) is 31.2 Å². The van der Waals surface area contributed by atoms with Crippen molar-refractivity contribution in [2.75, 3.05) is 19.7 Å². The zero-order chi connectivity index (χ0) is 23.4. The van der Waals surface area contributed by atoms with Crippen molar-refractivity contribution in [3.05, 3.63) is 65.7 Å². The van der Waals surface area contributed by atoms with E-state index < -0.39 is 22.0 Å². The number of amides is 1. The first kappa shape index (κ1) is 23.0. The molecular formula is C24H27N3O5S. The summed E-state index contributed by atoms with van der Waals surface area (Å²) in [4.78, 5) is 27.6. The van der Waals surface area contributed by atoms with Crippen LogP contribution in [0.5, 0.6) is 0 Å². The van der Waals surface area contributed by atoms with Gasteiger partial charge in [-0.15, -0.1) is 4.40 Å². The van der Waals surface area contributed by atoms with Crippen molar-refractivity contribution in [3.63, 3.8) is 0 Å². The molecule has 2 aromatic carbocycles. The lowest BCUT2D eigenvalue weighted by Gasteiger charge is -2.33. The normalized spacial score (nSPS) is 18.2. The van der Waals surface area contributed by atoms with E-state index in [1.165, 1.54) is 0 Å². The van der Waals surface area contributed by atoms with Crippen molar-refractivity contribution in [2.24, 2.45) is 10.3 Å². The molecule has 1 unspecified atom stereocenters. The molecule has 1 amide bonds. The highest BCUT2D eigenvalue weighted by atomic mass is 32.2. The second kappa shape index (κ2) is 9.74. The Bertz CT molecular complexity index is 1160. The van der Waals surface area contributed by atoms with Gasteiger partial charge in [-0.3, -0.25) is 4.79 Å². The minimum Gasteiger partial charge on any atom is -0.464 e. The number of likely N-dealkylation sites (tertiary alicyclic amines) is 1. The zero-order valence-electron chi connectivity index (χ0n) is 18.4. The molecule has 0 aromatic heterocycles. The first-order valence-corrected chi connectivity index (χ1v) is 12.5.